The van der Waals surface area contributed by atoms with Gasteiger partial charge in [-0.15, -0.1) is 0 Å². The van der Waals surface area contributed by atoms with E-state index in [0.717, 1.165) is 22.4 Å². The Balaban J connectivity index is 2.22. The van der Waals surface area contributed by atoms with Crippen LogP contribution in [0.15, 0.2) is 49.0 Å². The Morgan fingerprint density at radius 2 is 1.79 bits per heavy atom. The molecule has 0 bridgehead atoms. The molecular weight excluding hydrogens is 303 g/mol. The van der Waals surface area contributed by atoms with Gasteiger partial charge in [-0.1, -0.05) is 25.6 Å². The third-order valence-electron chi connectivity index (χ3n) is 3.75. The van der Waals surface area contributed by atoms with Crippen LogP contribution in [-0.4, -0.2) is 10.7 Å². The topological polar surface area (TPSA) is 29.5 Å². The number of hydrogen-bond acceptors (Lipinski definition) is 2. The van der Waals surface area contributed by atoms with Gasteiger partial charge in [0, 0.05) is 5.56 Å². The first-order chi connectivity index (χ1) is 11.2. The zero-order valence-electron chi connectivity index (χ0n) is 14.8. The first-order valence-electron chi connectivity index (χ1n) is 8.11. The molecule has 0 saturated heterocycles. The number of rotatable bonds is 5. The Morgan fingerprint density at radius 3 is 2.38 bits per heavy atom. The molecule has 1 unspecified atom stereocenters. The monoisotopic (exact) mass is 328 g/mol. The molecule has 1 N–H and O–H groups in total. The highest BCUT2D eigenvalue weighted by Gasteiger charge is 2.19. The first kappa shape index (κ1) is 18.1. The molecule has 2 nitrogen and oxygen atoms in total. The smallest absolute Gasteiger partial charge is 0.123 e. The minimum Gasteiger partial charge on any atom is -0.508 e. The van der Waals surface area contributed by atoms with Crippen molar-refractivity contribution in [1.29, 1.82) is 0 Å². The predicted octanol–water partition coefficient (Wildman–Crippen LogP) is 5.92. The SMILES string of the molecule is C=C(CC(C)c1cc(O)ccc1OC(C)(C)C)c1ccc(F)cc1. The van der Waals surface area contributed by atoms with Gasteiger partial charge >= 0.3 is 0 Å². The summed E-state index contributed by atoms with van der Waals surface area (Å²) in [6.45, 7) is 12.2. The molecule has 0 saturated carbocycles. The number of phenolic OH excluding ortho intramolecular Hbond substituents is 1. The van der Waals surface area contributed by atoms with E-state index in [0.29, 0.717) is 6.42 Å². The Bertz CT molecular complexity index is 712. The summed E-state index contributed by atoms with van der Waals surface area (Å²) in [4.78, 5) is 0. The Hall–Kier alpha value is -2.29. The van der Waals surface area contributed by atoms with E-state index < -0.39 is 0 Å². The zero-order valence-corrected chi connectivity index (χ0v) is 14.8. The summed E-state index contributed by atoms with van der Waals surface area (Å²) in [7, 11) is 0. The number of phenols is 1. The maximum Gasteiger partial charge on any atom is 0.123 e. The van der Waals surface area contributed by atoms with Crippen molar-refractivity contribution in [2.45, 2.75) is 45.6 Å². The van der Waals surface area contributed by atoms with Crippen LogP contribution in [0.2, 0.25) is 0 Å². The van der Waals surface area contributed by atoms with Crippen molar-refractivity contribution in [3.8, 4) is 11.5 Å². The standard InChI is InChI=1S/C21H25FO2/c1-14(16-6-8-17(22)9-7-16)12-15(2)19-13-18(23)10-11-20(19)24-21(3,4)5/h6-11,13,15,23H,1,12H2,2-5H3. The second kappa shape index (κ2) is 7.08. The number of halogens is 1. The molecule has 0 aliphatic carbocycles. The quantitative estimate of drug-likeness (QED) is 0.738. The highest BCUT2D eigenvalue weighted by atomic mass is 19.1. The molecule has 2 aromatic rings. The van der Waals surface area contributed by atoms with Gasteiger partial charge in [0.1, 0.15) is 22.9 Å². The number of ether oxygens (including phenoxy) is 1. The maximum atomic E-state index is 13.1. The van der Waals surface area contributed by atoms with Gasteiger partial charge in [0.15, 0.2) is 0 Å². The normalized spacial score (nSPS) is 12.7. The Kier molecular flexibility index (Phi) is 5.33. The molecule has 0 aliphatic rings. The molecule has 0 radical (unpaired) electrons. The van der Waals surface area contributed by atoms with Crippen LogP contribution in [-0.2, 0) is 0 Å². The molecule has 24 heavy (non-hydrogen) atoms. The fourth-order valence-electron chi connectivity index (χ4n) is 2.63. The molecule has 0 aromatic heterocycles. The van der Waals surface area contributed by atoms with Crippen LogP contribution < -0.4 is 4.74 Å². The molecule has 0 fully saturated rings. The van der Waals surface area contributed by atoms with Crippen molar-refractivity contribution in [2.75, 3.05) is 0 Å². The molecule has 0 spiro atoms. The van der Waals surface area contributed by atoms with Crippen molar-refractivity contribution < 1.29 is 14.2 Å². The fourth-order valence-corrected chi connectivity index (χ4v) is 2.63. The largest absolute Gasteiger partial charge is 0.508 e. The number of allylic oxidation sites excluding steroid dienone is 1. The minimum atomic E-state index is -0.320. The summed E-state index contributed by atoms with van der Waals surface area (Å²) in [6.07, 6.45) is 0.690. The average molecular weight is 328 g/mol. The fraction of sp³-hybridized carbons (Fsp3) is 0.333. The summed E-state index contributed by atoms with van der Waals surface area (Å²) in [5, 5.41) is 9.85. The van der Waals surface area contributed by atoms with Gasteiger partial charge in [0.05, 0.1) is 0 Å². The van der Waals surface area contributed by atoms with Gasteiger partial charge in [-0.2, -0.15) is 0 Å². The summed E-state index contributed by atoms with van der Waals surface area (Å²) in [5.74, 6) is 0.825. The predicted molar refractivity (Wildman–Crippen MR) is 97.0 cm³/mol. The Morgan fingerprint density at radius 1 is 1.17 bits per heavy atom. The third kappa shape index (κ3) is 4.85. The lowest BCUT2D eigenvalue weighted by molar-refractivity contribution is 0.128. The van der Waals surface area contributed by atoms with E-state index in [1.54, 1.807) is 30.3 Å². The molecular formula is C21H25FO2. The summed E-state index contributed by atoms with van der Waals surface area (Å²) in [6, 6.07) is 11.5. The highest BCUT2D eigenvalue weighted by Crippen LogP contribution is 2.36. The second-order valence-electron chi connectivity index (χ2n) is 7.15. The second-order valence-corrected chi connectivity index (χ2v) is 7.15. The summed E-state index contributed by atoms with van der Waals surface area (Å²) >= 11 is 0. The van der Waals surface area contributed by atoms with Crippen LogP contribution in [0.3, 0.4) is 0 Å². The van der Waals surface area contributed by atoms with Crippen molar-refractivity contribution >= 4 is 5.57 Å². The number of hydrogen-bond donors (Lipinski definition) is 1. The van der Waals surface area contributed by atoms with Gasteiger partial charge < -0.3 is 9.84 Å². The van der Waals surface area contributed by atoms with Crippen LogP contribution in [0.5, 0.6) is 11.5 Å². The molecule has 3 heteroatoms. The van der Waals surface area contributed by atoms with E-state index >= 15 is 0 Å². The minimum absolute atomic E-state index is 0.104. The number of benzene rings is 2. The lowest BCUT2D eigenvalue weighted by Gasteiger charge is -2.25. The van der Waals surface area contributed by atoms with E-state index in [-0.39, 0.29) is 23.1 Å². The first-order valence-corrected chi connectivity index (χ1v) is 8.11. The van der Waals surface area contributed by atoms with Gasteiger partial charge in [-0.05, 0) is 74.6 Å². The van der Waals surface area contributed by atoms with E-state index in [1.165, 1.54) is 12.1 Å². The molecule has 1 atom stereocenters. The van der Waals surface area contributed by atoms with Gasteiger partial charge in [0.2, 0.25) is 0 Å². The highest BCUT2D eigenvalue weighted by molar-refractivity contribution is 5.64. The van der Waals surface area contributed by atoms with Gasteiger partial charge in [-0.3, -0.25) is 0 Å². The molecule has 0 heterocycles. The van der Waals surface area contributed by atoms with Crippen LogP contribution >= 0.6 is 0 Å². The lowest BCUT2D eigenvalue weighted by Crippen LogP contribution is -2.23. The van der Waals surface area contributed by atoms with E-state index in [4.69, 9.17) is 4.74 Å². The third-order valence-corrected chi connectivity index (χ3v) is 3.75. The van der Waals surface area contributed by atoms with Crippen LogP contribution in [0, 0.1) is 5.82 Å². The molecule has 0 aliphatic heterocycles. The summed E-state index contributed by atoms with van der Waals surface area (Å²) < 4.78 is 19.1. The molecule has 0 amide bonds. The van der Waals surface area contributed by atoms with E-state index in [9.17, 15) is 9.50 Å². The van der Waals surface area contributed by atoms with Gasteiger partial charge in [0.25, 0.3) is 0 Å². The van der Waals surface area contributed by atoms with Gasteiger partial charge in [-0.25, -0.2) is 4.39 Å². The van der Waals surface area contributed by atoms with E-state index in [2.05, 4.69) is 13.5 Å². The number of aromatic hydroxyl groups is 1. The molecule has 2 rings (SSSR count). The van der Waals surface area contributed by atoms with E-state index in [1.807, 2.05) is 20.8 Å². The molecule has 2 aromatic carbocycles. The summed E-state index contributed by atoms with van der Waals surface area (Å²) in [5.41, 5.74) is 2.46. The van der Waals surface area contributed by atoms with Crippen molar-refractivity contribution in [3.05, 3.63) is 66.0 Å². The van der Waals surface area contributed by atoms with Crippen LogP contribution in [0.1, 0.15) is 51.2 Å². The van der Waals surface area contributed by atoms with Crippen molar-refractivity contribution in [2.24, 2.45) is 0 Å². The molecule has 128 valence electrons. The average Bonchev–Trinajstić information content (AvgIpc) is 2.48. The zero-order chi connectivity index (χ0) is 17.9. The maximum absolute atomic E-state index is 13.1. The lowest BCUT2D eigenvalue weighted by atomic mass is 9.90. The van der Waals surface area contributed by atoms with Crippen molar-refractivity contribution in [3.63, 3.8) is 0 Å². The Labute approximate surface area is 143 Å². The van der Waals surface area contributed by atoms with Crippen molar-refractivity contribution in [1.82, 2.24) is 0 Å². The van der Waals surface area contributed by atoms with Crippen LogP contribution in [0.4, 0.5) is 4.39 Å². The van der Waals surface area contributed by atoms with Crippen LogP contribution in [0.25, 0.3) is 5.57 Å².